The van der Waals surface area contributed by atoms with Gasteiger partial charge in [-0.1, -0.05) is 66.4 Å². The van der Waals surface area contributed by atoms with Crippen LogP contribution in [0.2, 0.25) is 10.0 Å². The summed E-state index contributed by atoms with van der Waals surface area (Å²) in [4.78, 5) is 13.9. The molecule has 144 valence electrons. The lowest BCUT2D eigenvalue weighted by Crippen LogP contribution is -2.12. The molecule has 0 saturated heterocycles. The van der Waals surface area contributed by atoms with Crippen molar-refractivity contribution in [1.29, 1.82) is 0 Å². The Hall–Kier alpha value is -2.87. The zero-order chi connectivity index (χ0) is 20.4. The van der Waals surface area contributed by atoms with Crippen LogP contribution >= 0.6 is 23.2 Å². The monoisotopic (exact) mass is 420 g/mol. The van der Waals surface area contributed by atoms with Gasteiger partial charge in [0, 0.05) is 17.0 Å². The van der Waals surface area contributed by atoms with Crippen molar-refractivity contribution >= 4 is 34.4 Å². The molecule has 29 heavy (non-hydrogen) atoms. The largest absolute Gasteiger partial charge is 0.294 e. The highest BCUT2D eigenvalue weighted by Gasteiger charge is 2.22. The highest BCUT2D eigenvalue weighted by molar-refractivity contribution is 6.36. The molecule has 0 bridgehead atoms. The van der Waals surface area contributed by atoms with Crippen molar-refractivity contribution < 1.29 is 0 Å². The first kappa shape index (κ1) is 19.4. The number of aryl methyl sites for hydroxylation is 1. The van der Waals surface area contributed by atoms with Gasteiger partial charge in [0.15, 0.2) is 5.65 Å². The molecule has 2 heterocycles. The minimum absolute atomic E-state index is 0.190. The third kappa shape index (κ3) is 3.60. The Kier molecular flexibility index (Phi) is 5.53. The van der Waals surface area contributed by atoms with Crippen molar-refractivity contribution in [2.24, 2.45) is 0 Å². The molecule has 0 saturated carbocycles. The number of benzene rings is 2. The molecule has 0 spiro atoms. The van der Waals surface area contributed by atoms with E-state index in [9.17, 15) is 0 Å². The van der Waals surface area contributed by atoms with E-state index in [0.717, 1.165) is 29.0 Å². The average Bonchev–Trinajstić information content (AvgIpc) is 3.11. The second kappa shape index (κ2) is 8.24. The van der Waals surface area contributed by atoms with Gasteiger partial charge < -0.3 is 0 Å². The average molecular weight is 421 g/mol. The fourth-order valence-corrected chi connectivity index (χ4v) is 3.92. The molecule has 0 amide bonds. The second-order valence-corrected chi connectivity index (χ2v) is 7.32. The van der Waals surface area contributed by atoms with E-state index >= 15 is 0 Å². The standard InChI is InChI=1S/C23H18Cl2N4/c1-3-8-19(15-9-6-5-7-10-15)29-20(4-2)28-22-21(26-14-27-23(22)29)17-12-11-16(24)13-18(17)25/h5-7,9-14,19H,4H2,1-2H3. The Balaban J connectivity index is 1.99. The third-order valence-corrected chi connectivity index (χ3v) is 5.25. The maximum absolute atomic E-state index is 6.45. The fraction of sp³-hybridized carbons (Fsp3) is 0.174. The summed E-state index contributed by atoms with van der Waals surface area (Å²) in [6.07, 6.45) is 2.28. The highest BCUT2D eigenvalue weighted by Crippen LogP contribution is 2.34. The molecule has 0 aliphatic carbocycles. The molecule has 1 unspecified atom stereocenters. The minimum atomic E-state index is -0.190. The van der Waals surface area contributed by atoms with Crippen LogP contribution in [0.4, 0.5) is 0 Å². The van der Waals surface area contributed by atoms with Gasteiger partial charge >= 0.3 is 0 Å². The predicted octanol–water partition coefficient (Wildman–Crippen LogP) is 5.98. The van der Waals surface area contributed by atoms with Crippen LogP contribution in [0.25, 0.3) is 22.4 Å². The van der Waals surface area contributed by atoms with Gasteiger partial charge in [-0.2, -0.15) is 0 Å². The normalized spacial score (nSPS) is 11.9. The van der Waals surface area contributed by atoms with Crippen LogP contribution in [-0.4, -0.2) is 19.5 Å². The van der Waals surface area contributed by atoms with Gasteiger partial charge in [0.05, 0.1) is 5.02 Å². The molecular formula is C23H18Cl2N4. The maximum Gasteiger partial charge on any atom is 0.165 e. The van der Waals surface area contributed by atoms with Gasteiger partial charge in [-0.25, -0.2) is 15.0 Å². The van der Waals surface area contributed by atoms with Gasteiger partial charge in [0.25, 0.3) is 0 Å². The number of fused-ring (bicyclic) bond motifs is 1. The van der Waals surface area contributed by atoms with Crippen molar-refractivity contribution in [2.45, 2.75) is 26.3 Å². The Labute approximate surface area is 179 Å². The topological polar surface area (TPSA) is 43.6 Å². The smallest absolute Gasteiger partial charge is 0.165 e. The van der Waals surface area contributed by atoms with Gasteiger partial charge in [-0.3, -0.25) is 4.57 Å². The summed E-state index contributed by atoms with van der Waals surface area (Å²) in [5, 5.41) is 1.10. The molecule has 0 radical (unpaired) electrons. The fourth-order valence-electron chi connectivity index (χ4n) is 3.42. The van der Waals surface area contributed by atoms with E-state index in [0.29, 0.717) is 21.3 Å². The summed E-state index contributed by atoms with van der Waals surface area (Å²) >= 11 is 12.5. The quantitative estimate of drug-likeness (QED) is 0.381. The zero-order valence-corrected chi connectivity index (χ0v) is 17.5. The van der Waals surface area contributed by atoms with Crippen LogP contribution in [0.3, 0.4) is 0 Å². The van der Waals surface area contributed by atoms with Crippen molar-refractivity contribution in [2.75, 3.05) is 0 Å². The van der Waals surface area contributed by atoms with Gasteiger partial charge in [0.2, 0.25) is 0 Å². The van der Waals surface area contributed by atoms with Crippen LogP contribution < -0.4 is 0 Å². The van der Waals surface area contributed by atoms with Crippen molar-refractivity contribution in [3.05, 3.63) is 76.3 Å². The minimum Gasteiger partial charge on any atom is -0.294 e. The first-order chi connectivity index (χ1) is 14.1. The number of hydrogen-bond acceptors (Lipinski definition) is 3. The Morgan fingerprint density at radius 1 is 1.07 bits per heavy atom. The SMILES string of the molecule is CC#CC(c1ccccc1)n1c(CC)nc2c(-c3ccc(Cl)cc3Cl)ncnc21. The maximum atomic E-state index is 6.45. The molecule has 4 aromatic rings. The summed E-state index contributed by atoms with van der Waals surface area (Å²) in [6, 6.07) is 15.3. The Bertz CT molecular complexity index is 1240. The van der Waals surface area contributed by atoms with Gasteiger partial charge in [-0.05, 0) is 30.7 Å². The van der Waals surface area contributed by atoms with E-state index < -0.39 is 0 Å². The van der Waals surface area contributed by atoms with E-state index in [1.165, 1.54) is 0 Å². The van der Waals surface area contributed by atoms with Crippen LogP contribution in [0.15, 0.2) is 54.9 Å². The Morgan fingerprint density at radius 3 is 2.55 bits per heavy atom. The van der Waals surface area contributed by atoms with Crippen molar-refractivity contribution in [3.8, 4) is 23.1 Å². The zero-order valence-electron chi connectivity index (χ0n) is 16.0. The number of nitrogens with zero attached hydrogens (tertiary/aromatic N) is 4. The van der Waals surface area contributed by atoms with Crippen molar-refractivity contribution in [1.82, 2.24) is 19.5 Å². The summed E-state index contributed by atoms with van der Waals surface area (Å²) in [5.74, 6) is 7.26. The Morgan fingerprint density at radius 2 is 1.86 bits per heavy atom. The lowest BCUT2D eigenvalue weighted by atomic mass is 10.1. The number of halogens is 2. The molecule has 2 aromatic heterocycles. The summed E-state index contributed by atoms with van der Waals surface area (Å²) < 4.78 is 2.09. The summed E-state index contributed by atoms with van der Waals surface area (Å²) in [6.45, 7) is 3.91. The third-order valence-electron chi connectivity index (χ3n) is 4.71. The lowest BCUT2D eigenvalue weighted by molar-refractivity contribution is 0.685. The molecule has 0 N–H and O–H groups in total. The van der Waals surface area contributed by atoms with Crippen molar-refractivity contribution in [3.63, 3.8) is 0 Å². The van der Waals surface area contributed by atoms with E-state index in [1.54, 1.807) is 18.5 Å². The van der Waals surface area contributed by atoms with Gasteiger partial charge in [0.1, 0.15) is 29.4 Å². The molecular weight excluding hydrogens is 403 g/mol. The highest BCUT2D eigenvalue weighted by atomic mass is 35.5. The molecule has 2 aromatic carbocycles. The lowest BCUT2D eigenvalue weighted by Gasteiger charge is -2.16. The first-order valence-corrected chi connectivity index (χ1v) is 10.0. The van der Waals surface area contributed by atoms with E-state index in [1.807, 2.05) is 31.2 Å². The molecule has 0 aliphatic heterocycles. The molecule has 0 aliphatic rings. The number of aromatic nitrogens is 4. The molecule has 4 rings (SSSR count). The van der Waals surface area contributed by atoms with Crippen LogP contribution in [0, 0.1) is 11.8 Å². The number of hydrogen-bond donors (Lipinski definition) is 0. The number of imidazole rings is 1. The summed E-state index contributed by atoms with van der Waals surface area (Å²) in [5.41, 5.74) is 3.97. The van der Waals surface area contributed by atoms with Crippen LogP contribution in [0.5, 0.6) is 0 Å². The molecule has 0 fully saturated rings. The molecule has 4 nitrogen and oxygen atoms in total. The number of rotatable bonds is 4. The van der Waals surface area contributed by atoms with E-state index in [-0.39, 0.29) is 6.04 Å². The van der Waals surface area contributed by atoms with Crippen LogP contribution in [0.1, 0.15) is 31.3 Å². The van der Waals surface area contributed by atoms with Gasteiger partial charge in [-0.15, -0.1) is 5.92 Å². The predicted molar refractivity (Wildman–Crippen MR) is 118 cm³/mol. The summed E-state index contributed by atoms with van der Waals surface area (Å²) in [7, 11) is 0. The second-order valence-electron chi connectivity index (χ2n) is 6.48. The van der Waals surface area contributed by atoms with Crippen LogP contribution in [-0.2, 0) is 6.42 Å². The van der Waals surface area contributed by atoms with E-state index in [2.05, 4.69) is 45.4 Å². The molecule has 6 heteroatoms. The first-order valence-electron chi connectivity index (χ1n) is 9.28. The van der Waals surface area contributed by atoms with E-state index in [4.69, 9.17) is 28.2 Å². The molecule has 1 atom stereocenters.